The lowest BCUT2D eigenvalue weighted by molar-refractivity contribution is -0.220. The maximum atomic E-state index is 12.9. The lowest BCUT2D eigenvalue weighted by Gasteiger charge is -2.41. The Hall–Kier alpha value is -1.22. The Balaban J connectivity index is 2.51. The monoisotopic (exact) mass is 822 g/mol. The summed E-state index contributed by atoms with van der Waals surface area (Å²) in [7, 11) is -5.14. The lowest BCUT2D eigenvalue weighted by atomic mass is 9.85. The molecule has 56 heavy (non-hydrogen) atoms. The zero-order valence-electron chi connectivity index (χ0n) is 34.5. The van der Waals surface area contributed by atoms with Crippen molar-refractivity contribution in [3.8, 4) is 0 Å². The lowest BCUT2D eigenvalue weighted by Crippen LogP contribution is -2.64. The molecular formula is C42H80NO12P. The van der Waals surface area contributed by atoms with Gasteiger partial charge in [0.2, 0.25) is 5.91 Å². The van der Waals surface area contributed by atoms with Gasteiger partial charge >= 0.3 is 7.82 Å². The molecule has 0 saturated heterocycles. The highest BCUT2D eigenvalue weighted by atomic mass is 31.2. The minimum absolute atomic E-state index is 0.250. The standard InChI is InChI=1S/C42H80NO12P/c1-3-5-7-9-11-13-14-15-16-17-18-19-20-22-23-25-27-29-33(44)31-36(46)43-34(35(45)30-28-26-24-21-12-10-8-6-4-2)32-54-56(52,53)55-42-40(50)38(48)37(47)39(49)41(42)51/h12,21,28,30,33-35,37-42,44-45,47-51H,3-11,13-20,22-27,29,31-32H2,1-2H3,(H,43,46)(H,52,53)/b21-12+,30-28+. The SMILES string of the molecule is CCCCC/C=C/CC/C=C/C(O)C(COP(=O)(O)OC1C(O)C(O)C(O)C(O)C1O)NC(=O)CC(O)CCCCCCCCCCCCCCCCCCC. The maximum Gasteiger partial charge on any atom is 0.472 e. The van der Waals surface area contributed by atoms with Crippen molar-refractivity contribution in [1.29, 1.82) is 0 Å². The molecule has 1 fully saturated rings. The molecule has 8 atom stereocenters. The van der Waals surface area contributed by atoms with Gasteiger partial charge in [-0.3, -0.25) is 13.8 Å². The van der Waals surface area contributed by atoms with E-state index in [-0.39, 0.29) is 6.42 Å². The van der Waals surface area contributed by atoms with Gasteiger partial charge in [-0.05, 0) is 32.1 Å². The third kappa shape index (κ3) is 24.6. The van der Waals surface area contributed by atoms with Crippen LogP contribution in [0.4, 0.5) is 0 Å². The van der Waals surface area contributed by atoms with Crippen LogP contribution in [-0.4, -0.2) is 108 Å². The molecule has 0 bridgehead atoms. The van der Waals surface area contributed by atoms with E-state index in [1.54, 1.807) is 6.08 Å². The number of unbranched alkanes of at least 4 members (excludes halogenated alkanes) is 20. The number of hydrogen-bond donors (Lipinski definition) is 9. The molecule has 0 aliphatic heterocycles. The molecule has 8 unspecified atom stereocenters. The van der Waals surface area contributed by atoms with Gasteiger partial charge in [0.25, 0.3) is 0 Å². The van der Waals surface area contributed by atoms with Gasteiger partial charge < -0.3 is 46.0 Å². The van der Waals surface area contributed by atoms with E-state index in [1.807, 2.05) is 0 Å². The van der Waals surface area contributed by atoms with Crippen molar-refractivity contribution in [2.24, 2.45) is 0 Å². The van der Waals surface area contributed by atoms with Crippen LogP contribution in [0.5, 0.6) is 0 Å². The largest absolute Gasteiger partial charge is 0.472 e. The zero-order chi connectivity index (χ0) is 41.6. The highest BCUT2D eigenvalue weighted by molar-refractivity contribution is 7.47. The summed E-state index contributed by atoms with van der Waals surface area (Å²) in [6, 6.07) is -1.25. The molecule has 1 rings (SSSR count). The molecule has 1 amide bonds. The predicted octanol–water partition coefficient (Wildman–Crippen LogP) is 6.42. The molecule has 0 aromatic heterocycles. The van der Waals surface area contributed by atoms with E-state index in [4.69, 9.17) is 9.05 Å². The Kier molecular flexibility index (Phi) is 30.7. The number of hydrogen-bond acceptors (Lipinski definition) is 11. The highest BCUT2D eigenvalue weighted by Gasteiger charge is 2.51. The second kappa shape index (κ2) is 32.6. The summed E-state index contributed by atoms with van der Waals surface area (Å²) in [4.78, 5) is 23.3. The topological polar surface area (TPSA) is 226 Å². The van der Waals surface area contributed by atoms with E-state index in [1.165, 1.54) is 96.0 Å². The van der Waals surface area contributed by atoms with Gasteiger partial charge in [-0.2, -0.15) is 0 Å². The summed E-state index contributed by atoms with van der Waals surface area (Å²) in [5.41, 5.74) is 0. The maximum absolute atomic E-state index is 12.9. The zero-order valence-corrected chi connectivity index (χ0v) is 35.4. The van der Waals surface area contributed by atoms with Crippen LogP contribution < -0.4 is 5.32 Å². The minimum atomic E-state index is -5.14. The second-order valence-electron chi connectivity index (χ2n) is 15.7. The smallest absolute Gasteiger partial charge is 0.393 e. The van der Waals surface area contributed by atoms with E-state index >= 15 is 0 Å². The Labute approximate surface area is 337 Å². The van der Waals surface area contributed by atoms with Crippen LogP contribution in [0.3, 0.4) is 0 Å². The van der Waals surface area contributed by atoms with E-state index in [0.717, 1.165) is 51.4 Å². The summed E-state index contributed by atoms with van der Waals surface area (Å²) in [5.74, 6) is -0.604. The van der Waals surface area contributed by atoms with Crippen LogP contribution in [0.25, 0.3) is 0 Å². The number of phosphoric acid groups is 1. The number of carbonyl (C=O) groups excluding carboxylic acids is 1. The number of phosphoric ester groups is 1. The van der Waals surface area contributed by atoms with Crippen molar-refractivity contribution in [2.75, 3.05) is 6.61 Å². The predicted molar refractivity (Wildman–Crippen MR) is 220 cm³/mol. The van der Waals surface area contributed by atoms with Gasteiger partial charge in [0.05, 0.1) is 31.3 Å². The summed E-state index contributed by atoms with van der Waals surface area (Å²) in [5, 5.41) is 74.1. The Morgan fingerprint density at radius 1 is 0.625 bits per heavy atom. The van der Waals surface area contributed by atoms with Crippen LogP contribution in [0.1, 0.15) is 174 Å². The average molecular weight is 822 g/mol. The quantitative estimate of drug-likeness (QED) is 0.0192. The van der Waals surface area contributed by atoms with Gasteiger partial charge in [-0.1, -0.05) is 160 Å². The van der Waals surface area contributed by atoms with Crippen LogP contribution >= 0.6 is 7.82 Å². The van der Waals surface area contributed by atoms with Gasteiger partial charge in [0.15, 0.2) is 0 Å². The minimum Gasteiger partial charge on any atom is -0.393 e. The molecule has 0 aromatic rings. The number of nitrogens with one attached hydrogen (secondary N) is 1. The van der Waals surface area contributed by atoms with E-state index in [2.05, 4.69) is 31.3 Å². The summed E-state index contributed by atoms with van der Waals surface area (Å²) >= 11 is 0. The first-order valence-electron chi connectivity index (χ1n) is 21.9. The van der Waals surface area contributed by atoms with Crippen LogP contribution in [0.15, 0.2) is 24.3 Å². The molecule has 0 radical (unpaired) electrons. The van der Waals surface area contributed by atoms with Gasteiger partial charge in [-0.25, -0.2) is 4.57 Å². The van der Waals surface area contributed by atoms with Crippen molar-refractivity contribution in [1.82, 2.24) is 5.32 Å². The Bertz CT molecular complexity index is 1060. The molecule has 0 spiro atoms. The van der Waals surface area contributed by atoms with Crippen LogP contribution in [0.2, 0.25) is 0 Å². The fourth-order valence-corrected chi connectivity index (χ4v) is 7.87. The fraction of sp³-hybridized carbons (Fsp3) is 0.881. The first-order chi connectivity index (χ1) is 26.8. The Morgan fingerprint density at radius 3 is 1.57 bits per heavy atom. The molecule has 0 heterocycles. The normalized spacial score (nSPS) is 24.4. The first-order valence-corrected chi connectivity index (χ1v) is 23.4. The molecule has 0 aromatic carbocycles. The second-order valence-corrected chi connectivity index (χ2v) is 17.1. The number of aliphatic hydroxyl groups excluding tert-OH is 7. The molecule has 1 saturated carbocycles. The van der Waals surface area contributed by atoms with Crippen molar-refractivity contribution in [3.63, 3.8) is 0 Å². The van der Waals surface area contributed by atoms with E-state index < -0.39 is 75.2 Å². The van der Waals surface area contributed by atoms with Crippen molar-refractivity contribution in [3.05, 3.63) is 24.3 Å². The number of carbonyl (C=O) groups is 1. The first kappa shape index (κ1) is 52.8. The average Bonchev–Trinajstić information content (AvgIpc) is 3.17. The Morgan fingerprint density at radius 2 is 1.05 bits per heavy atom. The number of aliphatic hydroxyl groups is 7. The van der Waals surface area contributed by atoms with Crippen molar-refractivity contribution >= 4 is 13.7 Å². The number of allylic oxidation sites excluding steroid dienone is 3. The van der Waals surface area contributed by atoms with E-state index in [0.29, 0.717) is 12.8 Å². The molecule has 1 aliphatic rings. The van der Waals surface area contributed by atoms with Crippen LogP contribution in [-0.2, 0) is 18.4 Å². The fourth-order valence-electron chi connectivity index (χ4n) is 6.90. The summed E-state index contributed by atoms with van der Waals surface area (Å²) in [6.07, 6.45) is 20.2. The molecule has 14 heteroatoms. The molecule has 1 aliphatic carbocycles. The van der Waals surface area contributed by atoms with Crippen molar-refractivity contribution in [2.45, 2.75) is 229 Å². The third-order valence-electron chi connectivity index (χ3n) is 10.5. The summed E-state index contributed by atoms with van der Waals surface area (Å²) < 4.78 is 22.7. The van der Waals surface area contributed by atoms with Crippen molar-refractivity contribution < 1.29 is 59.0 Å². The van der Waals surface area contributed by atoms with Gasteiger partial charge in [0.1, 0.15) is 36.6 Å². The van der Waals surface area contributed by atoms with Gasteiger partial charge in [-0.15, -0.1) is 0 Å². The molecular weight excluding hydrogens is 741 g/mol. The molecule has 330 valence electrons. The van der Waals surface area contributed by atoms with E-state index in [9.17, 15) is 50.0 Å². The van der Waals surface area contributed by atoms with Gasteiger partial charge in [0, 0.05) is 0 Å². The number of amides is 1. The van der Waals surface area contributed by atoms with Crippen LogP contribution in [0, 0.1) is 0 Å². The summed E-state index contributed by atoms with van der Waals surface area (Å²) in [6.45, 7) is 3.65. The molecule has 13 nitrogen and oxygen atoms in total. The third-order valence-corrected chi connectivity index (χ3v) is 11.5. The number of rotatable bonds is 35. The highest BCUT2D eigenvalue weighted by Crippen LogP contribution is 2.47. The molecule has 9 N–H and O–H groups in total.